The number of hydrogen-bond donors (Lipinski definition) is 2. The molecule has 7 heteroatoms. The number of anilines is 1. The van der Waals surface area contributed by atoms with Gasteiger partial charge in [0.2, 0.25) is 11.9 Å². The van der Waals surface area contributed by atoms with Crippen LogP contribution in [0.3, 0.4) is 0 Å². The Labute approximate surface area is 123 Å². The molecule has 0 radical (unpaired) electrons. The molecule has 118 valence electrons. The lowest BCUT2D eigenvalue weighted by atomic mass is 9.86. The van der Waals surface area contributed by atoms with Gasteiger partial charge >= 0.3 is 0 Å². The van der Waals surface area contributed by atoms with Crippen molar-refractivity contribution in [1.29, 1.82) is 0 Å². The lowest BCUT2D eigenvalue weighted by Gasteiger charge is -2.31. The van der Waals surface area contributed by atoms with Crippen LogP contribution in [-0.2, 0) is 0 Å². The van der Waals surface area contributed by atoms with Gasteiger partial charge in [-0.2, -0.15) is 4.98 Å². The fourth-order valence-electron chi connectivity index (χ4n) is 3.27. The van der Waals surface area contributed by atoms with E-state index in [4.69, 9.17) is 0 Å². The first-order valence-electron chi connectivity index (χ1n) is 7.80. The second-order valence-electron chi connectivity index (χ2n) is 6.20. The van der Waals surface area contributed by atoms with Gasteiger partial charge < -0.3 is 10.2 Å². The van der Waals surface area contributed by atoms with E-state index < -0.39 is 5.92 Å². The molecule has 1 saturated heterocycles. The average molecular weight is 299 g/mol. The molecule has 5 nitrogen and oxygen atoms in total. The molecule has 0 spiro atoms. The summed E-state index contributed by atoms with van der Waals surface area (Å²) in [5.41, 5.74) is 0. The molecular formula is C14H23F2N5. The predicted octanol–water partition coefficient (Wildman–Crippen LogP) is 2.29. The van der Waals surface area contributed by atoms with Crippen LogP contribution in [0.4, 0.5) is 14.7 Å². The molecule has 1 aromatic heterocycles. The molecule has 0 bridgehead atoms. The average Bonchev–Trinajstić information content (AvgIpc) is 2.97. The summed E-state index contributed by atoms with van der Waals surface area (Å²) in [6.07, 6.45) is 3.06. The molecule has 0 atom stereocenters. The molecule has 0 unspecified atom stereocenters. The van der Waals surface area contributed by atoms with Crippen molar-refractivity contribution in [2.75, 3.05) is 25.0 Å². The summed E-state index contributed by atoms with van der Waals surface area (Å²) in [6.45, 7) is 1.87. The van der Waals surface area contributed by atoms with Crippen LogP contribution in [-0.4, -0.2) is 47.3 Å². The molecule has 2 N–H and O–H groups in total. The minimum absolute atomic E-state index is 0.0404. The first-order chi connectivity index (χ1) is 10.1. The summed E-state index contributed by atoms with van der Waals surface area (Å²) >= 11 is 0. The summed E-state index contributed by atoms with van der Waals surface area (Å²) in [4.78, 5) is 6.72. The van der Waals surface area contributed by atoms with Gasteiger partial charge in [-0.05, 0) is 32.7 Å². The Morgan fingerprint density at radius 3 is 2.48 bits per heavy atom. The highest BCUT2D eigenvalue weighted by atomic mass is 19.3. The number of H-pyrrole nitrogens is 1. The Kier molecular flexibility index (Phi) is 4.10. The summed E-state index contributed by atoms with van der Waals surface area (Å²) < 4.78 is 26.4. The van der Waals surface area contributed by atoms with Crippen LogP contribution in [0.15, 0.2) is 0 Å². The van der Waals surface area contributed by atoms with E-state index in [1.54, 1.807) is 0 Å². The van der Waals surface area contributed by atoms with Gasteiger partial charge in [-0.1, -0.05) is 0 Å². The van der Waals surface area contributed by atoms with E-state index in [9.17, 15) is 8.78 Å². The van der Waals surface area contributed by atoms with E-state index in [0.717, 1.165) is 37.7 Å². The van der Waals surface area contributed by atoms with Gasteiger partial charge in [-0.3, -0.25) is 5.10 Å². The maximum atomic E-state index is 13.2. The standard InChI is InChI=1S/C14H23F2N5/c1-17-11-4-8-21(9-5-11)13-18-12(19-20-13)10-2-6-14(15,16)7-3-10/h10-11,17H,2-9H2,1H3,(H,18,19,20). The molecular weight excluding hydrogens is 276 g/mol. The number of halogens is 2. The molecule has 1 aliphatic carbocycles. The van der Waals surface area contributed by atoms with E-state index in [0.29, 0.717) is 18.9 Å². The first-order valence-corrected chi connectivity index (χ1v) is 7.80. The molecule has 3 rings (SSSR count). The van der Waals surface area contributed by atoms with Crippen molar-refractivity contribution in [2.45, 2.75) is 56.4 Å². The van der Waals surface area contributed by atoms with Crippen molar-refractivity contribution >= 4 is 5.95 Å². The molecule has 1 saturated carbocycles. The fourth-order valence-corrected chi connectivity index (χ4v) is 3.27. The van der Waals surface area contributed by atoms with Crippen LogP contribution in [0, 0.1) is 0 Å². The maximum absolute atomic E-state index is 13.2. The maximum Gasteiger partial charge on any atom is 0.248 e. The third-order valence-electron chi connectivity index (χ3n) is 4.78. The highest BCUT2D eigenvalue weighted by molar-refractivity contribution is 5.30. The van der Waals surface area contributed by atoms with E-state index in [1.165, 1.54) is 0 Å². The van der Waals surface area contributed by atoms with Crippen LogP contribution in [0.25, 0.3) is 0 Å². The minimum atomic E-state index is -2.49. The second-order valence-corrected chi connectivity index (χ2v) is 6.20. The second kappa shape index (κ2) is 5.87. The Bertz CT molecular complexity index is 458. The summed E-state index contributed by atoms with van der Waals surface area (Å²) in [5.74, 6) is -0.900. The van der Waals surface area contributed by atoms with Crippen LogP contribution >= 0.6 is 0 Å². The zero-order valence-electron chi connectivity index (χ0n) is 12.4. The highest BCUT2D eigenvalue weighted by Gasteiger charge is 2.36. The van der Waals surface area contributed by atoms with Crippen molar-refractivity contribution in [3.63, 3.8) is 0 Å². The monoisotopic (exact) mass is 299 g/mol. The predicted molar refractivity (Wildman–Crippen MR) is 76.8 cm³/mol. The normalized spacial score (nSPS) is 24.4. The quantitative estimate of drug-likeness (QED) is 0.899. The van der Waals surface area contributed by atoms with Crippen molar-refractivity contribution in [3.05, 3.63) is 5.82 Å². The Morgan fingerprint density at radius 1 is 1.19 bits per heavy atom. The van der Waals surface area contributed by atoms with Gasteiger partial charge in [-0.25, -0.2) is 8.78 Å². The highest BCUT2D eigenvalue weighted by Crippen LogP contribution is 2.40. The number of aromatic nitrogens is 3. The van der Waals surface area contributed by atoms with Crippen LogP contribution in [0.1, 0.15) is 50.3 Å². The molecule has 2 heterocycles. The molecule has 2 aliphatic rings. The largest absolute Gasteiger partial charge is 0.339 e. The third kappa shape index (κ3) is 3.33. The molecule has 0 aromatic carbocycles. The SMILES string of the molecule is CNC1CCN(c2n[nH]c(C3CCC(F)(F)CC3)n2)CC1. The summed E-state index contributed by atoms with van der Waals surface area (Å²) in [5, 5.41) is 10.5. The van der Waals surface area contributed by atoms with E-state index in [1.807, 2.05) is 7.05 Å². The topological polar surface area (TPSA) is 56.8 Å². The molecule has 2 fully saturated rings. The number of rotatable bonds is 3. The lowest BCUT2D eigenvalue weighted by Crippen LogP contribution is -2.41. The molecule has 21 heavy (non-hydrogen) atoms. The number of nitrogens with zero attached hydrogens (tertiary/aromatic N) is 3. The number of hydrogen-bond acceptors (Lipinski definition) is 4. The fraction of sp³-hybridized carbons (Fsp3) is 0.857. The molecule has 1 aromatic rings. The molecule has 0 amide bonds. The Hall–Kier alpha value is -1.24. The number of piperidine rings is 1. The zero-order valence-corrected chi connectivity index (χ0v) is 12.4. The van der Waals surface area contributed by atoms with Crippen molar-refractivity contribution in [2.24, 2.45) is 0 Å². The summed E-state index contributed by atoms with van der Waals surface area (Å²) in [7, 11) is 1.99. The number of nitrogens with one attached hydrogen (secondary N) is 2. The van der Waals surface area contributed by atoms with Crippen LogP contribution in [0.5, 0.6) is 0 Å². The molecule has 1 aliphatic heterocycles. The minimum Gasteiger partial charge on any atom is -0.339 e. The van der Waals surface area contributed by atoms with Crippen molar-refractivity contribution in [3.8, 4) is 0 Å². The first kappa shape index (κ1) is 14.7. The van der Waals surface area contributed by atoms with E-state index >= 15 is 0 Å². The number of alkyl halides is 2. The van der Waals surface area contributed by atoms with Crippen molar-refractivity contribution in [1.82, 2.24) is 20.5 Å². The summed E-state index contributed by atoms with van der Waals surface area (Å²) in [6, 6.07) is 0.570. The Balaban J connectivity index is 1.59. The van der Waals surface area contributed by atoms with Crippen LogP contribution < -0.4 is 10.2 Å². The third-order valence-corrected chi connectivity index (χ3v) is 4.78. The lowest BCUT2D eigenvalue weighted by molar-refractivity contribution is -0.0387. The van der Waals surface area contributed by atoms with E-state index in [2.05, 4.69) is 25.4 Å². The van der Waals surface area contributed by atoms with Gasteiger partial charge in [0.1, 0.15) is 5.82 Å². The van der Waals surface area contributed by atoms with Gasteiger partial charge in [0.25, 0.3) is 0 Å². The smallest absolute Gasteiger partial charge is 0.248 e. The van der Waals surface area contributed by atoms with Crippen molar-refractivity contribution < 1.29 is 8.78 Å². The number of aromatic amines is 1. The Morgan fingerprint density at radius 2 is 1.86 bits per heavy atom. The van der Waals surface area contributed by atoms with Gasteiger partial charge in [0, 0.05) is 37.9 Å². The van der Waals surface area contributed by atoms with Gasteiger partial charge in [-0.15, -0.1) is 5.10 Å². The van der Waals surface area contributed by atoms with Gasteiger partial charge in [0.15, 0.2) is 0 Å². The van der Waals surface area contributed by atoms with Gasteiger partial charge in [0.05, 0.1) is 0 Å². The van der Waals surface area contributed by atoms with E-state index in [-0.39, 0.29) is 18.8 Å². The zero-order chi connectivity index (χ0) is 14.9. The van der Waals surface area contributed by atoms with Crippen LogP contribution in [0.2, 0.25) is 0 Å².